The van der Waals surface area contributed by atoms with Crippen molar-refractivity contribution in [1.29, 1.82) is 0 Å². The highest BCUT2D eigenvalue weighted by Crippen LogP contribution is 2.22. The maximum atomic E-state index is 5.90. The minimum absolute atomic E-state index is 0.422. The first-order chi connectivity index (χ1) is 8.86. The monoisotopic (exact) mass is 257 g/mol. The largest absolute Gasteiger partial charge is 0.381 e. The van der Waals surface area contributed by atoms with Crippen molar-refractivity contribution in [3.63, 3.8) is 0 Å². The molecule has 0 saturated heterocycles. The number of hydrogen-bond donors (Lipinski definition) is 1. The van der Waals surface area contributed by atoms with E-state index in [9.17, 15) is 0 Å². The molecule has 0 aliphatic heterocycles. The molecule has 1 fully saturated rings. The van der Waals surface area contributed by atoms with Gasteiger partial charge in [-0.05, 0) is 38.6 Å². The average Bonchev–Trinajstić information content (AvgIpc) is 2.42. The Bertz CT molecular complexity index is 187. The Morgan fingerprint density at radius 2 is 1.89 bits per heavy atom. The lowest BCUT2D eigenvalue weighted by Gasteiger charge is -2.28. The summed E-state index contributed by atoms with van der Waals surface area (Å²) in [6, 6.07) is 0. The topological polar surface area (TPSA) is 30.5 Å². The van der Waals surface area contributed by atoms with Gasteiger partial charge in [-0.25, -0.2) is 0 Å². The lowest BCUT2D eigenvalue weighted by atomic mass is 9.95. The summed E-state index contributed by atoms with van der Waals surface area (Å²) < 4.78 is 11.3. The Balaban J connectivity index is 1.88. The maximum Gasteiger partial charge on any atom is 0.0600 e. The zero-order chi connectivity index (χ0) is 13.1. The molecule has 0 aromatic rings. The molecule has 0 aromatic carbocycles. The summed E-state index contributed by atoms with van der Waals surface area (Å²) in [4.78, 5) is 0. The molecule has 1 aliphatic rings. The number of unbranched alkanes of at least 4 members (excludes halogenated alkanes) is 3. The van der Waals surface area contributed by atoms with Crippen LogP contribution in [0.15, 0.2) is 0 Å². The van der Waals surface area contributed by atoms with Crippen molar-refractivity contribution in [3.8, 4) is 0 Å². The Kier molecular flexibility index (Phi) is 9.54. The van der Waals surface area contributed by atoms with Crippen LogP contribution in [0.4, 0.5) is 0 Å². The van der Waals surface area contributed by atoms with E-state index in [1.54, 1.807) is 0 Å². The highest BCUT2D eigenvalue weighted by atomic mass is 16.5. The fourth-order valence-electron chi connectivity index (χ4n) is 2.57. The van der Waals surface area contributed by atoms with Gasteiger partial charge in [0, 0.05) is 13.7 Å². The lowest BCUT2D eigenvalue weighted by molar-refractivity contribution is -0.0281. The summed E-state index contributed by atoms with van der Waals surface area (Å²) in [6.07, 6.45) is 10.9. The van der Waals surface area contributed by atoms with Crippen LogP contribution in [-0.4, -0.2) is 39.0 Å². The standard InChI is InChI=1S/C15H31NO2/c1-3-4-5-6-10-16-11-12-18-15-9-7-8-14(13-15)17-2/h14-16H,3-13H2,1-2H3. The molecule has 108 valence electrons. The third-order valence-electron chi connectivity index (χ3n) is 3.75. The summed E-state index contributed by atoms with van der Waals surface area (Å²) in [6.45, 7) is 5.21. The Hall–Kier alpha value is -0.120. The SMILES string of the molecule is CCCCCCNCCOC1CCCC(OC)C1. The van der Waals surface area contributed by atoms with E-state index in [1.165, 1.54) is 44.9 Å². The van der Waals surface area contributed by atoms with Gasteiger partial charge in [-0.15, -0.1) is 0 Å². The van der Waals surface area contributed by atoms with Crippen molar-refractivity contribution < 1.29 is 9.47 Å². The maximum absolute atomic E-state index is 5.90. The van der Waals surface area contributed by atoms with Crippen LogP contribution < -0.4 is 5.32 Å². The lowest BCUT2D eigenvalue weighted by Crippen LogP contribution is -2.30. The molecule has 0 aromatic heterocycles. The first-order valence-corrected chi connectivity index (χ1v) is 7.72. The molecular formula is C15H31NO2. The summed E-state index contributed by atoms with van der Waals surface area (Å²) in [7, 11) is 1.81. The van der Waals surface area contributed by atoms with Gasteiger partial charge in [0.05, 0.1) is 18.8 Å². The average molecular weight is 257 g/mol. The number of ether oxygens (including phenoxy) is 2. The molecule has 0 amide bonds. The van der Waals surface area contributed by atoms with Crippen molar-refractivity contribution in [1.82, 2.24) is 5.32 Å². The van der Waals surface area contributed by atoms with Gasteiger partial charge in [-0.1, -0.05) is 26.2 Å². The molecule has 18 heavy (non-hydrogen) atoms. The summed E-state index contributed by atoms with van der Waals surface area (Å²) in [5.74, 6) is 0. The van der Waals surface area contributed by atoms with E-state index in [0.717, 1.165) is 26.1 Å². The second kappa shape index (κ2) is 10.8. The highest BCUT2D eigenvalue weighted by Gasteiger charge is 2.21. The van der Waals surface area contributed by atoms with Crippen LogP contribution >= 0.6 is 0 Å². The molecule has 3 nitrogen and oxygen atoms in total. The minimum atomic E-state index is 0.422. The molecule has 0 spiro atoms. The quantitative estimate of drug-likeness (QED) is 0.610. The van der Waals surface area contributed by atoms with E-state index in [-0.39, 0.29) is 0 Å². The molecular weight excluding hydrogens is 226 g/mol. The van der Waals surface area contributed by atoms with Gasteiger partial charge in [-0.3, -0.25) is 0 Å². The first kappa shape index (κ1) is 15.9. The van der Waals surface area contributed by atoms with Gasteiger partial charge >= 0.3 is 0 Å². The molecule has 0 radical (unpaired) electrons. The van der Waals surface area contributed by atoms with Gasteiger partial charge in [0.15, 0.2) is 0 Å². The molecule has 2 unspecified atom stereocenters. The van der Waals surface area contributed by atoms with Gasteiger partial charge in [-0.2, -0.15) is 0 Å². The summed E-state index contributed by atoms with van der Waals surface area (Å²) >= 11 is 0. The zero-order valence-electron chi connectivity index (χ0n) is 12.2. The van der Waals surface area contributed by atoms with Crippen molar-refractivity contribution in [2.45, 2.75) is 70.5 Å². The number of nitrogens with one attached hydrogen (secondary N) is 1. The van der Waals surface area contributed by atoms with Gasteiger partial charge < -0.3 is 14.8 Å². The molecule has 1 saturated carbocycles. The summed E-state index contributed by atoms with van der Waals surface area (Å²) in [5, 5.41) is 3.45. The van der Waals surface area contributed by atoms with Crippen molar-refractivity contribution in [3.05, 3.63) is 0 Å². The molecule has 1 aliphatic carbocycles. The Labute approximate surface area is 113 Å². The molecule has 0 bridgehead atoms. The van der Waals surface area contributed by atoms with Crippen molar-refractivity contribution in [2.24, 2.45) is 0 Å². The fraction of sp³-hybridized carbons (Fsp3) is 1.00. The number of hydrogen-bond acceptors (Lipinski definition) is 3. The van der Waals surface area contributed by atoms with Crippen LogP contribution in [0.5, 0.6) is 0 Å². The fourth-order valence-corrected chi connectivity index (χ4v) is 2.57. The van der Waals surface area contributed by atoms with Gasteiger partial charge in [0.1, 0.15) is 0 Å². The van der Waals surface area contributed by atoms with Crippen molar-refractivity contribution in [2.75, 3.05) is 26.8 Å². The van der Waals surface area contributed by atoms with Crippen molar-refractivity contribution >= 4 is 0 Å². The number of methoxy groups -OCH3 is 1. The minimum Gasteiger partial charge on any atom is -0.381 e. The van der Waals surface area contributed by atoms with E-state index in [1.807, 2.05) is 7.11 Å². The molecule has 3 heteroatoms. The van der Waals surface area contributed by atoms with Crippen LogP contribution in [0.2, 0.25) is 0 Å². The zero-order valence-corrected chi connectivity index (χ0v) is 12.2. The predicted octanol–water partition coefficient (Wildman–Crippen LogP) is 3.13. The van der Waals surface area contributed by atoms with E-state index in [0.29, 0.717) is 12.2 Å². The second-order valence-corrected chi connectivity index (χ2v) is 5.33. The Morgan fingerprint density at radius 3 is 2.67 bits per heavy atom. The van der Waals surface area contributed by atoms with E-state index < -0.39 is 0 Å². The van der Waals surface area contributed by atoms with Crippen LogP contribution in [0.1, 0.15) is 58.3 Å². The van der Waals surface area contributed by atoms with Gasteiger partial charge in [0.25, 0.3) is 0 Å². The van der Waals surface area contributed by atoms with Crippen LogP contribution in [0.3, 0.4) is 0 Å². The highest BCUT2D eigenvalue weighted by molar-refractivity contribution is 4.73. The van der Waals surface area contributed by atoms with E-state index >= 15 is 0 Å². The van der Waals surface area contributed by atoms with E-state index in [4.69, 9.17) is 9.47 Å². The Morgan fingerprint density at radius 1 is 1.06 bits per heavy atom. The first-order valence-electron chi connectivity index (χ1n) is 7.72. The molecule has 1 rings (SSSR count). The van der Waals surface area contributed by atoms with E-state index in [2.05, 4.69) is 12.2 Å². The van der Waals surface area contributed by atoms with Gasteiger partial charge in [0.2, 0.25) is 0 Å². The molecule has 2 atom stereocenters. The molecule has 0 heterocycles. The third kappa shape index (κ3) is 7.34. The summed E-state index contributed by atoms with van der Waals surface area (Å²) in [5.41, 5.74) is 0. The second-order valence-electron chi connectivity index (χ2n) is 5.33. The third-order valence-corrected chi connectivity index (χ3v) is 3.75. The van der Waals surface area contributed by atoms with Crippen LogP contribution in [-0.2, 0) is 9.47 Å². The van der Waals surface area contributed by atoms with Crippen LogP contribution in [0, 0.1) is 0 Å². The smallest absolute Gasteiger partial charge is 0.0600 e. The van der Waals surface area contributed by atoms with Crippen LogP contribution in [0.25, 0.3) is 0 Å². The normalized spacial score (nSPS) is 24.3. The number of rotatable bonds is 10. The predicted molar refractivity (Wildman–Crippen MR) is 76.0 cm³/mol. The molecule has 1 N–H and O–H groups in total.